The second-order valence-electron chi connectivity index (χ2n) is 7.21. The number of amides is 1. The van der Waals surface area contributed by atoms with Gasteiger partial charge < -0.3 is 9.80 Å². The molecule has 0 saturated carbocycles. The third kappa shape index (κ3) is 3.03. The van der Waals surface area contributed by atoms with Crippen molar-refractivity contribution in [3.8, 4) is 0 Å². The molecule has 0 unspecified atom stereocenters. The fourth-order valence-corrected chi connectivity index (χ4v) is 4.03. The van der Waals surface area contributed by atoms with Crippen LogP contribution >= 0.6 is 0 Å². The molecule has 1 amide bonds. The number of benzene rings is 1. The summed E-state index contributed by atoms with van der Waals surface area (Å²) in [5.74, 6) is 0.193. The van der Waals surface area contributed by atoms with Crippen molar-refractivity contribution < 1.29 is 4.79 Å². The molecular weight excluding hydrogens is 312 g/mol. The van der Waals surface area contributed by atoms with Gasteiger partial charge in [0.2, 0.25) is 5.91 Å². The number of carbonyl (C=O) groups is 1. The molecule has 1 saturated heterocycles. The van der Waals surface area contributed by atoms with Crippen LogP contribution in [0.3, 0.4) is 0 Å². The number of rotatable bonds is 3. The molecule has 0 radical (unpaired) electrons. The zero-order chi connectivity index (χ0) is 17.4. The van der Waals surface area contributed by atoms with E-state index in [0.717, 1.165) is 39.0 Å². The molecular formula is C20H26N4O. The van der Waals surface area contributed by atoms with Crippen molar-refractivity contribution in [1.82, 2.24) is 14.7 Å². The first kappa shape index (κ1) is 16.2. The number of carbonyl (C=O) groups excluding carboxylic acids is 1. The Hall–Kier alpha value is -2.30. The van der Waals surface area contributed by atoms with Gasteiger partial charge in [-0.25, -0.2) is 0 Å². The van der Waals surface area contributed by atoms with Crippen LogP contribution in [0.25, 0.3) is 0 Å². The van der Waals surface area contributed by atoms with Gasteiger partial charge >= 0.3 is 0 Å². The molecule has 2 heterocycles. The molecule has 25 heavy (non-hydrogen) atoms. The molecule has 0 atom stereocenters. The number of aromatic nitrogens is 2. The van der Waals surface area contributed by atoms with Crippen LogP contribution in [0.2, 0.25) is 0 Å². The Morgan fingerprint density at radius 3 is 2.72 bits per heavy atom. The lowest BCUT2D eigenvalue weighted by atomic mass is 10.1. The van der Waals surface area contributed by atoms with Crippen LogP contribution in [0.1, 0.15) is 28.8 Å². The van der Waals surface area contributed by atoms with Crippen LogP contribution in [0.5, 0.6) is 0 Å². The van der Waals surface area contributed by atoms with Crippen molar-refractivity contribution in [3.63, 3.8) is 0 Å². The fraction of sp³-hybridized carbons (Fsp3) is 0.500. The molecule has 1 aliphatic heterocycles. The molecule has 132 valence electrons. The Bertz CT molecular complexity index is 787. The zero-order valence-corrected chi connectivity index (χ0v) is 15.2. The monoisotopic (exact) mass is 338 g/mol. The summed E-state index contributed by atoms with van der Waals surface area (Å²) in [4.78, 5) is 17.1. The third-order valence-corrected chi connectivity index (χ3v) is 5.73. The van der Waals surface area contributed by atoms with Gasteiger partial charge in [0, 0.05) is 37.6 Å². The maximum absolute atomic E-state index is 12.7. The summed E-state index contributed by atoms with van der Waals surface area (Å²) in [6, 6.07) is 6.46. The van der Waals surface area contributed by atoms with E-state index in [9.17, 15) is 4.79 Å². The van der Waals surface area contributed by atoms with Crippen LogP contribution < -0.4 is 4.90 Å². The number of anilines is 1. The topological polar surface area (TPSA) is 41.4 Å². The Labute approximate surface area is 149 Å². The van der Waals surface area contributed by atoms with E-state index in [2.05, 4.69) is 42.0 Å². The molecule has 0 bridgehead atoms. The lowest BCUT2D eigenvalue weighted by Crippen LogP contribution is -2.50. The quantitative estimate of drug-likeness (QED) is 0.863. The van der Waals surface area contributed by atoms with E-state index in [1.807, 2.05) is 15.8 Å². The van der Waals surface area contributed by atoms with Crippen LogP contribution in [0.4, 0.5) is 5.69 Å². The highest BCUT2D eigenvalue weighted by Crippen LogP contribution is 2.24. The van der Waals surface area contributed by atoms with Gasteiger partial charge in [-0.2, -0.15) is 5.10 Å². The largest absolute Gasteiger partial charge is 0.368 e. The molecule has 0 spiro atoms. The van der Waals surface area contributed by atoms with E-state index in [0.29, 0.717) is 6.54 Å². The average Bonchev–Trinajstić information content (AvgIpc) is 3.23. The van der Waals surface area contributed by atoms with Crippen LogP contribution in [-0.2, 0) is 24.2 Å². The lowest BCUT2D eigenvalue weighted by molar-refractivity contribution is -0.132. The van der Waals surface area contributed by atoms with Crippen LogP contribution in [-0.4, -0.2) is 46.8 Å². The Morgan fingerprint density at radius 1 is 1.12 bits per heavy atom. The van der Waals surface area contributed by atoms with Crippen molar-refractivity contribution in [2.45, 2.75) is 39.7 Å². The SMILES string of the molecule is Cc1cccc(N2CCN(C(=O)Cn3ncc4c3CCC4)CC2)c1C. The van der Waals surface area contributed by atoms with Gasteiger partial charge in [-0.3, -0.25) is 9.48 Å². The summed E-state index contributed by atoms with van der Waals surface area (Å²) in [5.41, 5.74) is 6.56. The van der Waals surface area contributed by atoms with E-state index in [1.54, 1.807) is 0 Å². The molecule has 2 aromatic rings. The van der Waals surface area contributed by atoms with E-state index >= 15 is 0 Å². The maximum Gasteiger partial charge on any atom is 0.244 e. The number of hydrogen-bond acceptors (Lipinski definition) is 3. The summed E-state index contributed by atoms with van der Waals surface area (Å²) >= 11 is 0. The van der Waals surface area contributed by atoms with Crippen molar-refractivity contribution in [2.75, 3.05) is 31.1 Å². The highest BCUT2D eigenvalue weighted by molar-refractivity contribution is 5.76. The van der Waals surface area contributed by atoms with E-state index < -0.39 is 0 Å². The van der Waals surface area contributed by atoms with Gasteiger partial charge in [0.1, 0.15) is 6.54 Å². The third-order valence-electron chi connectivity index (χ3n) is 5.73. The molecule has 1 aromatic carbocycles. The summed E-state index contributed by atoms with van der Waals surface area (Å²) < 4.78 is 1.92. The molecule has 1 aliphatic carbocycles. The highest BCUT2D eigenvalue weighted by atomic mass is 16.2. The van der Waals surface area contributed by atoms with Crippen molar-refractivity contribution in [1.29, 1.82) is 0 Å². The first-order valence-electron chi connectivity index (χ1n) is 9.26. The van der Waals surface area contributed by atoms with Gasteiger partial charge in [-0.15, -0.1) is 0 Å². The standard InChI is InChI=1S/C20H26N4O/c1-15-5-3-7-18(16(15)2)22-9-11-23(12-10-22)20(25)14-24-19-8-4-6-17(19)13-21-24/h3,5,7,13H,4,6,8-12,14H2,1-2H3. The number of fused-ring (bicyclic) bond motifs is 1. The van der Waals surface area contributed by atoms with Gasteiger partial charge in [-0.1, -0.05) is 12.1 Å². The second-order valence-corrected chi connectivity index (χ2v) is 7.21. The summed E-state index contributed by atoms with van der Waals surface area (Å²) in [5, 5.41) is 4.42. The van der Waals surface area contributed by atoms with Gasteiger partial charge in [0.05, 0.1) is 6.20 Å². The molecule has 4 rings (SSSR count). The van der Waals surface area contributed by atoms with E-state index in [4.69, 9.17) is 0 Å². The maximum atomic E-state index is 12.7. The molecule has 1 aromatic heterocycles. The Morgan fingerprint density at radius 2 is 1.92 bits per heavy atom. The van der Waals surface area contributed by atoms with Crippen LogP contribution in [0.15, 0.2) is 24.4 Å². The minimum atomic E-state index is 0.193. The predicted molar refractivity (Wildman–Crippen MR) is 99.0 cm³/mol. The Kier molecular flexibility index (Phi) is 4.24. The fourth-order valence-electron chi connectivity index (χ4n) is 4.03. The minimum absolute atomic E-state index is 0.193. The molecule has 5 heteroatoms. The number of piperazine rings is 1. The number of hydrogen-bond donors (Lipinski definition) is 0. The van der Waals surface area contributed by atoms with Gasteiger partial charge in [0.25, 0.3) is 0 Å². The smallest absolute Gasteiger partial charge is 0.244 e. The molecule has 0 N–H and O–H groups in total. The molecule has 1 fully saturated rings. The zero-order valence-electron chi connectivity index (χ0n) is 15.2. The minimum Gasteiger partial charge on any atom is -0.368 e. The number of aryl methyl sites for hydroxylation is 2. The second kappa shape index (κ2) is 6.54. The van der Waals surface area contributed by atoms with Crippen LogP contribution in [0, 0.1) is 13.8 Å². The summed E-state index contributed by atoms with van der Waals surface area (Å²) in [6.45, 7) is 8.09. The van der Waals surface area contributed by atoms with E-state index in [-0.39, 0.29) is 5.91 Å². The first-order valence-corrected chi connectivity index (χ1v) is 9.26. The van der Waals surface area contributed by atoms with Gasteiger partial charge in [0.15, 0.2) is 0 Å². The highest BCUT2D eigenvalue weighted by Gasteiger charge is 2.24. The molecule has 2 aliphatic rings. The first-order chi connectivity index (χ1) is 12.1. The summed E-state index contributed by atoms with van der Waals surface area (Å²) in [7, 11) is 0. The summed E-state index contributed by atoms with van der Waals surface area (Å²) in [6.07, 6.45) is 5.30. The van der Waals surface area contributed by atoms with Crippen molar-refractivity contribution in [3.05, 3.63) is 46.8 Å². The predicted octanol–water partition coefficient (Wildman–Crippen LogP) is 2.34. The normalized spacial score (nSPS) is 17.0. The van der Waals surface area contributed by atoms with Crippen molar-refractivity contribution >= 4 is 11.6 Å². The number of nitrogens with zero attached hydrogens (tertiary/aromatic N) is 4. The Balaban J connectivity index is 1.38. The van der Waals surface area contributed by atoms with E-state index in [1.165, 1.54) is 34.5 Å². The lowest BCUT2D eigenvalue weighted by Gasteiger charge is -2.37. The average molecular weight is 338 g/mol. The molecule has 5 nitrogen and oxygen atoms in total. The van der Waals surface area contributed by atoms with Crippen molar-refractivity contribution in [2.24, 2.45) is 0 Å². The van der Waals surface area contributed by atoms with Gasteiger partial charge in [-0.05, 0) is 55.9 Å².